The largest absolute Gasteiger partial charge is 0.506 e. The fourth-order valence-corrected chi connectivity index (χ4v) is 2.47. The zero-order chi connectivity index (χ0) is 14.1. The Bertz CT molecular complexity index is 647. The summed E-state index contributed by atoms with van der Waals surface area (Å²) in [5.41, 5.74) is 1.17. The molecule has 1 aromatic heterocycles. The molecule has 104 valence electrons. The minimum Gasteiger partial charge on any atom is -0.506 e. The predicted octanol–water partition coefficient (Wildman–Crippen LogP) is 3.82. The summed E-state index contributed by atoms with van der Waals surface area (Å²) in [6, 6.07) is 8.78. The Labute approximate surface area is 122 Å². The third-order valence-electron chi connectivity index (χ3n) is 3.68. The highest BCUT2D eigenvalue weighted by atomic mass is 35.5. The van der Waals surface area contributed by atoms with E-state index in [2.05, 4.69) is 5.32 Å². The number of amides is 1. The van der Waals surface area contributed by atoms with Crippen molar-refractivity contribution in [2.75, 3.05) is 5.32 Å². The van der Waals surface area contributed by atoms with Gasteiger partial charge >= 0.3 is 0 Å². The van der Waals surface area contributed by atoms with E-state index in [4.69, 9.17) is 11.6 Å². The predicted molar refractivity (Wildman–Crippen MR) is 78.4 cm³/mol. The van der Waals surface area contributed by atoms with Gasteiger partial charge in [-0.05, 0) is 43.5 Å². The van der Waals surface area contributed by atoms with Crippen molar-refractivity contribution < 1.29 is 9.90 Å². The van der Waals surface area contributed by atoms with Crippen LogP contribution in [0.4, 0.5) is 5.69 Å². The molecule has 0 aliphatic heterocycles. The van der Waals surface area contributed by atoms with Crippen molar-refractivity contribution in [1.82, 2.24) is 4.57 Å². The number of aromatic hydroxyl groups is 1. The molecule has 20 heavy (non-hydrogen) atoms. The molecule has 1 saturated carbocycles. The summed E-state index contributed by atoms with van der Waals surface area (Å²) in [4.78, 5) is 12.3. The first-order valence-corrected chi connectivity index (χ1v) is 6.99. The number of carbonyl (C=O) groups excluding carboxylic acids is 1. The lowest BCUT2D eigenvalue weighted by Gasteiger charge is -2.28. The number of anilines is 1. The first-order chi connectivity index (χ1) is 9.65. The van der Waals surface area contributed by atoms with Crippen molar-refractivity contribution in [1.29, 1.82) is 0 Å². The number of hydrogen-bond donors (Lipinski definition) is 2. The van der Waals surface area contributed by atoms with Gasteiger partial charge in [-0.2, -0.15) is 0 Å². The molecule has 1 aliphatic rings. The van der Waals surface area contributed by atoms with E-state index < -0.39 is 0 Å². The lowest BCUT2D eigenvalue weighted by Crippen LogP contribution is -2.23. The van der Waals surface area contributed by atoms with Crippen LogP contribution in [0.15, 0.2) is 36.5 Å². The maximum atomic E-state index is 12.3. The first kappa shape index (κ1) is 13.1. The van der Waals surface area contributed by atoms with Crippen molar-refractivity contribution in [2.24, 2.45) is 0 Å². The topological polar surface area (TPSA) is 54.3 Å². The monoisotopic (exact) mass is 290 g/mol. The lowest BCUT2D eigenvalue weighted by atomic mass is 9.93. The van der Waals surface area contributed by atoms with Crippen molar-refractivity contribution in [3.05, 3.63) is 47.2 Å². The van der Waals surface area contributed by atoms with E-state index in [0.29, 0.717) is 17.4 Å². The summed E-state index contributed by atoms with van der Waals surface area (Å²) in [6.07, 6.45) is 5.40. The van der Waals surface area contributed by atoms with Gasteiger partial charge in [0, 0.05) is 24.0 Å². The molecule has 1 amide bonds. The van der Waals surface area contributed by atoms with Crippen LogP contribution in [-0.2, 0) is 0 Å². The highest BCUT2D eigenvalue weighted by Gasteiger charge is 2.23. The Kier molecular flexibility index (Phi) is 3.40. The van der Waals surface area contributed by atoms with Crippen LogP contribution >= 0.6 is 11.6 Å². The molecule has 0 spiro atoms. The zero-order valence-electron chi connectivity index (χ0n) is 10.8. The summed E-state index contributed by atoms with van der Waals surface area (Å²) < 4.78 is 2.02. The fourth-order valence-electron chi connectivity index (χ4n) is 2.36. The molecular formula is C15H15ClN2O2. The summed E-state index contributed by atoms with van der Waals surface area (Å²) in [7, 11) is 0. The van der Waals surface area contributed by atoms with E-state index in [1.165, 1.54) is 12.5 Å². The minimum absolute atomic E-state index is 0.0427. The van der Waals surface area contributed by atoms with Crippen molar-refractivity contribution in [3.63, 3.8) is 0 Å². The van der Waals surface area contributed by atoms with Crippen LogP contribution in [0.2, 0.25) is 5.02 Å². The van der Waals surface area contributed by atoms with E-state index >= 15 is 0 Å². The van der Waals surface area contributed by atoms with E-state index in [1.807, 2.05) is 22.9 Å². The summed E-state index contributed by atoms with van der Waals surface area (Å²) in [5.74, 6) is -0.220. The molecule has 2 aromatic rings. The van der Waals surface area contributed by atoms with E-state index in [1.54, 1.807) is 12.1 Å². The summed E-state index contributed by atoms with van der Waals surface area (Å²) >= 11 is 5.74. The van der Waals surface area contributed by atoms with Gasteiger partial charge in [-0.15, -0.1) is 0 Å². The Hall–Kier alpha value is -1.94. The fraction of sp³-hybridized carbons (Fsp3) is 0.267. The summed E-state index contributed by atoms with van der Waals surface area (Å²) in [5, 5.41) is 12.6. The van der Waals surface area contributed by atoms with Gasteiger partial charge in [0.2, 0.25) is 0 Å². The van der Waals surface area contributed by atoms with Crippen LogP contribution < -0.4 is 5.32 Å². The number of phenolic OH excluding ortho intramolecular Hbond substituents is 1. The average Bonchev–Trinajstić information content (AvgIpc) is 2.81. The Morgan fingerprint density at radius 2 is 2.15 bits per heavy atom. The Morgan fingerprint density at radius 3 is 2.80 bits per heavy atom. The maximum Gasteiger partial charge on any atom is 0.272 e. The smallest absolute Gasteiger partial charge is 0.272 e. The maximum absolute atomic E-state index is 12.3. The normalized spacial score (nSPS) is 14.8. The van der Waals surface area contributed by atoms with E-state index in [9.17, 15) is 9.90 Å². The Morgan fingerprint density at radius 1 is 1.35 bits per heavy atom. The molecule has 1 aromatic carbocycles. The molecule has 1 heterocycles. The molecule has 2 N–H and O–H groups in total. The van der Waals surface area contributed by atoms with E-state index in [-0.39, 0.29) is 16.7 Å². The SMILES string of the molecule is O=C(Nc1ccc(Cl)c(O)c1)c1cccn1C1CCC1. The minimum atomic E-state index is -0.177. The quantitative estimate of drug-likeness (QED) is 0.903. The molecular weight excluding hydrogens is 276 g/mol. The second kappa shape index (κ2) is 5.21. The van der Waals surface area contributed by atoms with Gasteiger partial charge in [-0.25, -0.2) is 0 Å². The van der Waals surface area contributed by atoms with E-state index in [0.717, 1.165) is 12.8 Å². The first-order valence-electron chi connectivity index (χ1n) is 6.62. The number of rotatable bonds is 3. The molecule has 0 bridgehead atoms. The van der Waals surface area contributed by atoms with Crippen LogP contribution in [0.1, 0.15) is 35.8 Å². The van der Waals surface area contributed by atoms with Gasteiger partial charge in [-0.3, -0.25) is 4.79 Å². The number of aromatic nitrogens is 1. The van der Waals surface area contributed by atoms with Gasteiger partial charge in [-0.1, -0.05) is 11.6 Å². The molecule has 0 atom stereocenters. The van der Waals surface area contributed by atoms with Crippen LogP contribution in [0.5, 0.6) is 5.75 Å². The standard InChI is InChI=1S/C15H15ClN2O2/c16-12-7-6-10(9-14(12)19)17-15(20)13-5-2-8-18(13)11-3-1-4-11/h2,5-9,11,19H,1,3-4H2,(H,17,20). The number of halogens is 1. The average molecular weight is 291 g/mol. The van der Waals surface area contributed by atoms with Gasteiger partial charge in [0.05, 0.1) is 5.02 Å². The second-order valence-electron chi connectivity index (χ2n) is 5.01. The van der Waals surface area contributed by atoms with Gasteiger partial charge in [0.15, 0.2) is 0 Å². The van der Waals surface area contributed by atoms with Crippen LogP contribution in [-0.4, -0.2) is 15.6 Å². The molecule has 0 radical (unpaired) electrons. The van der Waals surface area contributed by atoms with Crippen molar-refractivity contribution in [3.8, 4) is 5.75 Å². The number of nitrogens with zero attached hydrogens (tertiary/aromatic N) is 1. The number of hydrogen-bond acceptors (Lipinski definition) is 2. The van der Waals surface area contributed by atoms with Crippen molar-refractivity contribution in [2.45, 2.75) is 25.3 Å². The molecule has 3 rings (SSSR count). The zero-order valence-corrected chi connectivity index (χ0v) is 11.6. The Balaban J connectivity index is 1.79. The molecule has 1 aliphatic carbocycles. The second-order valence-corrected chi connectivity index (χ2v) is 5.41. The molecule has 4 nitrogen and oxygen atoms in total. The van der Waals surface area contributed by atoms with Crippen LogP contribution in [0.25, 0.3) is 0 Å². The van der Waals surface area contributed by atoms with Gasteiger partial charge in [0.25, 0.3) is 5.91 Å². The van der Waals surface area contributed by atoms with Gasteiger partial charge in [0.1, 0.15) is 11.4 Å². The third-order valence-corrected chi connectivity index (χ3v) is 4.00. The molecule has 1 fully saturated rings. The molecule has 0 unspecified atom stereocenters. The highest BCUT2D eigenvalue weighted by Crippen LogP contribution is 2.33. The lowest BCUT2D eigenvalue weighted by molar-refractivity contribution is 0.101. The summed E-state index contributed by atoms with van der Waals surface area (Å²) in [6.45, 7) is 0. The third kappa shape index (κ3) is 2.39. The number of phenols is 1. The van der Waals surface area contributed by atoms with Crippen LogP contribution in [0.3, 0.4) is 0 Å². The molecule has 5 heteroatoms. The number of nitrogens with one attached hydrogen (secondary N) is 1. The molecule has 0 saturated heterocycles. The van der Waals surface area contributed by atoms with Crippen molar-refractivity contribution >= 4 is 23.2 Å². The number of carbonyl (C=O) groups is 1. The number of benzene rings is 1. The highest BCUT2D eigenvalue weighted by molar-refractivity contribution is 6.32. The van der Waals surface area contributed by atoms with Gasteiger partial charge < -0.3 is 15.0 Å². The van der Waals surface area contributed by atoms with Crippen LogP contribution in [0, 0.1) is 0 Å².